The highest BCUT2D eigenvalue weighted by molar-refractivity contribution is 9.10. The Balaban J connectivity index is 1.41. The van der Waals surface area contributed by atoms with E-state index in [0.717, 1.165) is 11.4 Å². The van der Waals surface area contributed by atoms with Crippen LogP contribution in [-0.4, -0.2) is 27.8 Å². The summed E-state index contributed by atoms with van der Waals surface area (Å²) in [5.74, 6) is 1.28. The predicted octanol–water partition coefficient (Wildman–Crippen LogP) is 4.99. The van der Waals surface area contributed by atoms with Gasteiger partial charge in [-0.1, -0.05) is 0 Å². The van der Waals surface area contributed by atoms with E-state index in [4.69, 9.17) is 18.3 Å². The van der Waals surface area contributed by atoms with Crippen LogP contribution in [0.5, 0.6) is 5.75 Å². The van der Waals surface area contributed by atoms with E-state index in [1.54, 1.807) is 30.5 Å². The number of aromatic nitrogens is 3. The Morgan fingerprint density at radius 1 is 1.10 bits per heavy atom. The summed E-state index contributed by atoms with van der Waals surface area (Å²) in [6, 6.07) is 14.0. The predicted molar refractivity (Wildman–Crippen MR) is 114 cm³/mol. The van der Waals surface area contributed by atoms with Gasteiger partial charge in [0.2, 0.25) is 0 Å². The van der Waals surface area contributed by atoms with Crippen LogP contribution in [0.15, 0.2) is 68.2 Å². The number of carbonyl (C=O) groups is 1. The summed E-state index contributed by atoms with van der Waals surface area (Å²) in [6.07, 6.45) is 1.58. The lowest BCUT2D eigenvalue weighted by Gasteiger charge is -2.11. The van der Waals surface area contributed by atoms with Crippen LogP contribution < -0.4 is 10.1 Å². The topological polar surface area (TPSA) is 113 Å². The zero-order valence-electron chi connectivity index (χ0n) is 16.4. The Kier molecular flexibility index (Phi) is 6.27. The number of nitrogens with zero attached hydrogens (tertiary/aromatic N) is 3. The fraction of sp³-hybridized carbons (Fsp3) is 0.143. The molecule has 0 spiro atoms. The smallest absolute Gasteiger partial charge is 0.342 e. The summed E-state index contributed by atoms with van der Waals surface area (Å²) >= 11 is 3.21. The normalized spacial score (nSPS) is 10.6. The molecule has 3 aromatic heterocycles. The number of ether oxygens (including phenoxy) is 2. The first-order chi connectivity index (χ1) is 15.1. The summed E-state index contributed by atoms with van der Waals surface area (Å²) in [5.41, 5.74) is 1.02. The summed E-state index contributed by atoms with van der Waals surface area (Å²) in [7, 11) is 0. The first-order valence-electron chi connectivity index (χ1n) is 9.32. The second kappa shape index (κ2) is 9.43. The number of anilines is 2. The highest BCUT2D eigenvalue weighted by Gasteiger charge is 2.17. The molecule has 0 aliphatic carbocycles. The van der Waals surface area contributed by atoms with Crippen molar-refractivity contribution in [2.24, 2.45) is 0 Å². The van der Waals surface area contributed by atoms with E-state index in [1.807, 2.05) is 31.2 Å². The standard InChI is InChI=1S/C21H17BrN4O5/c1-2-28-14-7-5-13(6-8-14)24-19-15(4-3-11-23-19)21(27)29-12-18-25-26-20(31-18)16-9-10-17(22)30-16/h3-11H,2,12H2,1H3,(H,23,24). The third-order valence-electron chi connectivity index (χ3n) is 4.03. The van der Waals surface area contributed by atoms with Crippen molar-refractivity contribution in [1.29, 1.82) is 0 Å². The number of pyridine rings is 1. The molecule has 10 heteroatoms. The number of hydrogen-bond acceptors (Lipinski definition) is 9. The number of halogens is 1. The second-order valence-electron chi connectivity index (χ2n) is 6.16. The molecule has 158 valence electrons. The third-order valence-corrected chi connectivity index (χ3v) is 4.46. The number of benzene rings is 1. The third kappa shape index (κ3) is 5.10. The summed E-state index contributed by atoms with van der Waals surface area (Å²) in [5, 5.41) is 10.9. The van der Waals surface area contributed by atoms with Gasteiger partial charge < -0.3 is 23.6 Å². The second-order valence-corrected chi connectivity index (χ2v) is 6.94. The number of rotatable bonds is 8. The molecule has 3 heterocycles. The van der Waals surface area contributed by atoms with Gasteiger partial charge in [-0.15, -0.1) is 10.2 Å². The summed E-state index contributed by atoms with van der Waals surface area (Å²) < 4.78 is 22.1. The maximum atomic E-state index is 12.6. The lowest BCUT2D eigenvalue weighted by molar-refractivity contribution is 0.0439. The molecule has 31 heavy (non-hydrogen) atoms. The van der Waals surface area contributed by atoms with Crippen molar-refractivity contribution >= 4 is 33.4 Å². The zero-order chi connectivity index (χ0) is 21.6. The molecule has 1 aromatic carbocycles. The monoisotopic (exact) mass is 484 g/mol. The highest BCUT2D eigenvalue weighted by atomic mass is 79.9. The fourth-order valence-corrected chi connectivity index (χ4v) is 2.96. The van der Waals surface area contributed by atoms with Crippen molar-refractivity contribution in [2.75, 3.05) is 11.9 Å². The molecule has 0 saturated carbocycles. The van der Waals surface area contributed by atoms with Crippen LogP contribution in [0.25, 0.3) is 11.7 Å². The molecular weight excluding hydrogens is 468 g/mol. The number of esters is 1. The fourth-order valence-electron chi connectivity index (χ4n) is 2.65. The van der Waals surface area contributed by atoms with Crippen molar-refractivity contribution in [1.82, 2.24) is 15.2 Å². The van der Waals surface area contributed by atoms with Gasteiger partial charge >= 0.3 is 5.97 Å². The van der Waals surface area contributed by atoms with Gasteiger partial charge in [-0.2, -0.15) is 0 Å². The van der Waals surface area contributed by atoms with Gasteiger partial charge in [0.25, 0.3) is 11.8 Å². The number of furan rings is 1. The zero-order valence-corrected chi connectivity index (χ0v) is 18.0. The average molecular weight is 485 g/mol. The van der Waals surface area contributed by atoms with E-state index in [0.29, 0.717) is 22.9 Å². The van der Waals surface area contributed by atoms with E-state index >= 15 is 0 Å². The van der Waals surface area contributed by atoms with Gasteiger partial charge in [0.1, 0.15) is 17.1 Å². The van der Waals surface area contributed by atoms with E-state index in [1.165, 1.54) is 0 Å². The first kappa shape index (κ1) is 20.6. The first-order valence-corrected chi connectivity index (χ1v) is 10.1. The van der Waals surface area contributed by atoms with Crippen LogP contribution in [0.1, 0.15) is 23.2 Å². The molecule has 9 nitrogen and oxygen atoms in total. The molecule has 0 amide bonds. The molecule has 0 bridgehead atoms. The SMILES string of the molecule is CCOc1ccc(Nc2ncccc2C(=O)OCc2nnc(-c3ccc(Br)o3)o2)cc1. The van der Waals surface area contributed by atoms with Crippen molar-refractivity contribution in [3.8, 4) is 17.4 Å². The molecule has 0 aliphatic rings. The van der Waals surface area contributed by atoms with Crippen LogP contribution in [0.2, 0.25) is 0 Å². The molecule has 0 unspecified atom stereocenters. The Labute approximate surface area is 185 Å². The Hall–Kier alpha value is -3.66. The lowest BCUT2D eigenvalue weighted by Crippen LogP contribution is -2.09. The molecule has 0 radical (unpaired) electrons. The minimum atomic E-state index is -0.581. The molecule has 0 atom stereocenters. The molecule has 1 N–H and O–H groups in total. The van der Waals surface area contributed by atoms with E-state index in [2.05, 4.69) is 36.4 Å². The van der Waals surface area contributed by atoms with Crippen LogP contribution in [-0.2, 0) is 11.3 Å². The van der Waals surface area contributed by atoms with Crippen molar-refractivity contribution < 1.29 is 23.1 Å². The van der Waals surface area contributed by atoms with Gasteiger partial charge in [-0.05, 0) is 71.4 Å². The van der Waals surface area contributed by atoms with Crippen LogP contribution >= 0.6 is 15.9 Å². The Morgan fingerprint density at radius 2 is 1.94 bits per heavy atom. The van der Waals surface area contributed by atoms with Gasteiger partial charge in [-0.25, -0.2) is 9.78 Å². The summed E-state index contributed by atoms with van der Waals surface area (Å²) in [6.45, 7) is 2.32. The van der Waals surface area contributed by atoms with Crippen LogP contribution in [0, 0.1) is 0 Å². The molecule has 4 rings (SSSR count). The minimum absolute atomic E-state index is 0.140. The quantitative estimate of drug-likeness (QED) is 0.345. The molecular formula is C21H17BrN4O5. The lowest BCUT2D eigenvalue weighted by atomic mass is 10.2. The van der Waals surface area contributed by atoms with Crippen molar-refractivity contribution in [3.05, 3.63) is 70.9 Å². The molecule has 0 aliphatic heterocycles. The minimum Gasteiger partial charge on any atom is -0.494 e. The van der Waals surface area contributed by atoms with Gasteiger partial charge in [0.05, 0.1) is 6.61 Å². The highest BCUT2D eigenvalue weighted by Crippen LogP contribution is 2.25. The van der Waals surface area contributed by atoms with Crippen LogP contribution in [0.3, 0.4) is 0 Å². The van der Waals surface area contributed by atoms with Gasteiger partial charge in [-0.3, -0.25) is 0 Å². The van der Waals surface area contributed by atoms with Crippen molar-refractivity contribution in [2.45, 2.75) is 13.5 Å². The van der Waals surface area contributed by atoms with Crippen molar-refractivity contribution in [3.63, 3.8) is 0 Å². The largest absolute Gasteiger partial charge is 0.494 e. The van der Waals surface area contributed by atoms with Crippen LogP contribution in [0.4, 0.5) is 11.5 Å². The maximum Gasteiger partial charge on any atom is 0.342 e. The Bertz CT molecular complexity index is 1170. The average Bonchev–Trinajstić information content (AvgIpc) is 3.43. The van der Waals surface area contributed by atoms with E-state index < -0.39 is 5.97 Å². The molecule has 4 aromatic rings. The molecule has 0 saturated heterocycles. The number of hydrogen-bond donors (Lipinski definition) is 1. The number of nitrogens with one attached hydrogen (secondary N) is 1. The van der Waals surface area contributed by atoms with E-state index in [9.17, 15) is 4.79 Å². The Morgan fingerprint density at radius 3 is 2.68 bits per heavy atom. The molecule has 0 fully saturated rings. The summed E-state index contributed by atoms with van der Waals surface area (Å²) in [4.78, 5) is 16.9. The maximum absolute atomic E-state index is 12.6. The number of carbonyl (C=O) groups excluding carboxylic acids is 1. The van der Waals surface area contributed by atoms with E-state index in [-0.39, 0.29) is 24.0 Å². The van der Waals surface area contributed by atoms with Gasteiger partial charge in [0, 0.05) is 11.9 Å². The van der Waals surface area contributed by atoms with Gasteiger partial charge in [0.15, 0.2) is 17.0 Å².